The molecule has 0 aliphatic heterocycles. The molecular weight excluding hydrogens is 286 g/mol. The Morgan fingerprint density at radius 3 is 2.76 bits per heavy atom. The zero-order valence-electron chi connectivity index (χ0n) is 12.5. The summed E-state index contributed by atoms with van der Waals surface area (Å²) in [6, 6.07) is 7.52. The van der Waals surface area contributed by atoms with E-state index >= 15 is 0 Å². The van der Waals surface area contributed by atoms with Crippen LogP contribution in [0, 0.1) is 18.3 Å². The van der Waals surface area contributed by atoms with E-state index in [1.165, 1.54) is 0 Å². The Bertz CT molecular complexity index is 686. The van der Waals surface area contributed by atoms with Crippen LogP contribution >= 0.6 is 11.6 Å². The SMILES string of the molecule is CCc1nn(CC)c(COc2cc(C#N)ccc2C)c1Cl. The van der Waals surface area contributed by atoms with Crippen LogP contribution in [-0.2, 0) is 19.6 Å². The normalized spacial score (nSPS) is 10.4. The summed E-state index contributed by atoms with van der Waals surface area (Å²) in [7, 11) is 0. The number of hydrogen-bond acceptors (Lipinski definition) is 3. The summed E-state index contributed by atoms with van der Waals surface area (Å²) in [5.74, 6) is 0.701. The molecule has 4 nitrogen and oxygen atoms in total. The fraction of sp³-hybridized carbons (Fsp3) is 0.375. The van der Waals surface area contributed by atoms with E-state index in [1.54, 1.807) is 12.1 Å². The van der Waals surface area contributed by atoms with Gasteiger partial charge in [0, 0.05) is 6.54 Å². The molecule has 0 unspecified atom stereocenters. The fourth-order valence-electron chi connectivity index (χ4n) is 2.13. The first kappa shape index (κ1) is 15.4. The minimum absolute atomic E-state index is 0.343. The third-order valence-corrected chi connectivity index (χ3v) is 3.81. The molecule has 0 aliphatic rings. The van der Waals surface area contributed by atoms with Crippen molar-refractivity contribution in [3.05, 3.63) is 45.7 Å². The van der Waals surface area contributed by atoms with Crippen LogP contribution < -0.4 is 4.74 Å². The predicted molar refractivity (Wildman–Crippen MR) is 82.5 cm³/mol. The van der Waals surface area contributed by atoms with Gasteiger partial charge in [0.2, 0.25) is 0 Å². The number of hydrogen-bond donors (Lipinski definition) is 0. The van der Waals surface area contributed by atoms with E-state index in [9.17, 15) is 0 Å². The van der Waals surface area contributed by atoms with Crippen LogP contribution in [-0.4, -0.2) is 9.78 Å². The van der Waals surface area contributed by atoms with Crippen molar-refractivity contribution < 1.29 is 4.74 Å². The van der Waals surface area contributed by atoms with Crippen LogP contribution in [0.1, 0.15) is 36.4 Å². The number of ether oxygens (including phenoxy) is 1. The van der Waals surface area contributed by atoms with Gasteiger partial charge in [0.05, 0.1) is 28.0 Å². The third-order valence-electron chi connectivity index (χ3n) is 3.38. The highest BCUT2D eigenvalue weighted by Gasteiger charge is 2.15. The Hall–Kier alpha value is -1.99. The Morgan fingerprint density at radius 1 is 1.38 bits per heavy atom. The van der Waals surface area contributed by atoms with Crippen molar-refractivity contribution >= 4 is 11.6 Å². The highest BCUT2D eigenvalue weighted by Crippen LogP contribution is 2.25. The Morgan fingerprint density at radius 2 is 2.14 bits per heavy atom. The topological polar surface area (TPSA) is 50.8 Å². The number of benzene rings is 1. The summed E-state index contributed by atoms with van der Waals surface area (Å²) in [5.41, 5.74) is 3.33. The first-order valence-electron chi connectivity index (χ1n) is 6.98. The third kappa shape index (κ3) is 3.20. The maximum atomic E-state index is 8.96. The Balaban J connectivity index is 2.24. The van der Waals surface area contributed by atoms with Gasteiger partial charge < -0.3 is 4.74 Å². The monoisotopic (exact) mass is 303 g/mol. The van der Waals surface area contributed by atoms with Crippen LogP contribution in [0.15, 0.2) is 18.2 Å². The van der Waals surface area contributed by atoms with Gasteiger partial charge in [0.25, 0.3) is 0 Å². The molecule has 0 amide bonds. The second-order valence-corrected chi connectivity index (χ2v) is 5.14. The van der Waals surface area contributed by atoms with Crippen LogP contribution in [0.5, 0.6) is 5.75 Å². The smallest absolute Gasteiger partial charge is 0.131 e. The molecule has 2 aromatic rings. The summed E-state index contributed by atoms with van der Waals surface area (Å²) >= 11 is 6.36. The number of halogens is 1. The first-order chi connectivity index (χ1) is 10.1. The van der Waals surface area contributed by atoms with Crippen LogP contribution in [0.3, 0.4) is 0 Å². The van der Waals surface area contributed by atoms with Gasteiger partial charge in [-0.3, -0.25) is 4.68 Å². The fourth-order valence-corrected chi connectivity index (χ4v) is 2.45. The largest absolute Gasteiger partial charge is 0.487 e. The predicted octanol–water partition coefficient (Wildman–Crippen LogP) is 3.88. The number of aryl methyl sites for hydroxylation is 3. The van der Waals surface area contributed by atoms with E-state index in [4.69, 9.17) is 21.6 Å². The molecule has 0 atom stereocenters. The molecule has 5 heteroatoms. The van der Waals surface area contributed by atoms with E-state index in [2.05, 4.69) is 11.2 Å². The zero-order chi connectivity index (χ0) is 15.4. The summed E-state index contributed by atoms with van der Waals surface area (Å²) < 4.78 is 7.72. The molecule has 2 rings (SSSR count). The van der Waals surface area contributed by atoms with Crippen LogP contribution in [0.2, 0.25) is 5.02 Å². The molecule has 0 saturated heterocycles. The van der Waals surface area contributed by atoms with Gasteiger partial charge in [0.1, 0.15) is 12.4 Å². The minimum atomic E-state index is 0.343. The molecule has 1 heterocycles. The van der Waals surface area contributed by atoms with E-state index < -0.39 is 0 Å². The van der Waals surface area contributed by atoms with Gasteiger partial charge in [-0.1, -0.05) is 24.6 Å². The molecule has 1 aromatic heterocycles. The van der Waals surface area contributed by atoms with Gasteiger partial charge in [-0.25, -0.2) is 0 Å². The van der Waals surface area contributed by atoms with Gasteiger partial charge >= 0.3 is 0 Å². The zero-order valence-corrected chi connectivity index (χ0v) is 13.2. The molecule has 0 aliphatic carbocycles. The van der Waals surface area contributed by atoms with E-state index in [1.807, 2.05) is 31.5 Å². The molecule has 0 bridgehead atoms. The Kier molecular flexibility index (Phi) is 4.87. The number of rotatable bonds is 5. The highest BCUT2D eigenvalue weighted by molar-refractivity contribution is 6.31. The molecule has 110 valence electrons. The maximum Gasteiger partial charge on any atom is 0.131 e. The lowest BCUT2D eigenvalue weighted by atomic mass is 10.1. The molecule has 0 saturated carbocycles. The van der Waals surface area contributed by atoms with Crippen molar-refractivity contribution in [1.29, 1.82) is 5.26 Å². The summed E-state index contributed by atoms with van der Waals surface area (Å²) in [5, 5.41) is 14.1. The van der Waals surface area contributed by atoms with E-state index in [0.29, 0.717) is 22.9 Å². The number of nitriles is 1. The molecule has 0 N–H and O–H groups in total. The highest BCUT2D eigenvalue weighted by atomic mass is 35.5. The maximum absolute atomic E-state index is 8.96. The molecule has 1 aromatic carbocycles. The molecule has 21 heavy (non-hydrogen) atoms. The molecule has 0 radical (unpaired) electrons. The van der Waals surface area contributed by atoms with Crippen LogP contribution in [0.25, 0.3) is 0 Å². The van der Waals surface area contributed by atoms with Crippen molar-refractivity contribution in [3.63, 3.8) is 0 Å². The minimum Gasteiger partial charge on any atom is -0.487 e. The lowest BCUT2D eigenvalue weighted by Gasteiger charge is -2.10. The second kappa shape index (κ2) is 6.64. The number of aromatic nitrogens is 2. The standard InChI is InChI=1S/C16H18ClN3O/c1-4-13-16(17)14(20(5-2)19-13)10-21-15-8-12(9-18)7-6-11(15)3/h6-8H,4-5,10H2,1-3H3. The lowest BCUT2D eigenvalue weighted by Crippen LogP contribution is -2.07. The van der Waals surface area contributed by atoms with Crippen molar-refractivity contribution in [2.24, 2.45) is 0 Å². The average Bonchev–Trinajstić information content (AvgIpc) is 2.82. The van der Waals surface area contributed by atoms with Crippen molar-refractivity contribution in [3.8, 4) is 11.8 Å². The lowest BCUT2D eigenvalue weighted by molar-refractivity contribution is 0.290. The van der Waals surface area contributed by atoms with E-state index in [0.717, 1.165) is 29.9 Å². The van der Waals surface area contributed by atoms with Crippen molar-refractivity contribution in [2.75, 3.05) is 0 Å². The van der Waals surface area contributed by atoms with Gasteiger partial charge in [-0.05, 0) is 38.0 Å². The average molecular weight is 304 g/mol. The molecule has 0 spiro atoms. The molecular formula is C16H18ClN3O. The van der Waals surface area contributed by atoms with Gasteiger partial charge in [-0.15, -0.1) is 0 Å². The molecule has 0 fully saturated rings. The van der Waals surface area contributed by atoms with Gasteiger partial charge in [-0.2, -0.15) is 10.4 Å². The van der Waals surface area contributed by atoms with Crippen LogP contribution in [0.4, 0.5) is 0 Å². The number of nitrogens with zero attached hydrogens (tertiary/aromatic N) is 3. The summed E-state index contributed by atoms with van der Waals surface area (Å²) in [4.78, 5) is 0. The second-order valence-electron chi connectivity index (χ2n) is 4.76. The van der Waals surface area contributed by atoms with Crippen molar-refractivity contribution in [1.82, 2.24) is 9.78 Å². The summed E-state index contributed by atoms with van der Waals surface area (Å²) in [6.07, 6.45) is 0.793. The first-order valence-corrected chi connectivity index (χ1v) is 7.36. The van der Waals surface area contributed by atoms with Crippen molar-refractivity contribution in [2.45, 2.75) is 40.3 Å². The van der Waals surface area contributed by atoms with E-state index in [-0.39, 0.29) is 0 Å². The quantitative estimate of drug-likeness (QED) is 0.842. The summed E-state index contributed by atoms with van der Waals surface area (Å²) in [6.45, 7) is 7.09. The Labute approximate surface area is 129 Å². The van der Waals surface area contributed by atoms with Gasteiger partial charge in [0.15, 0.2) is 0 Å².